The molecule has 0 saturated carbocycles. The average Bonchev–Trinajstić information content (AvgIpc) is 3.09. The van der Waals surface area contributed by atoms with Crippen molar-refractivity contribution in [2.45, 2.75) is 13.3 Å². The zero-order valence-electron chi connectivity index (χ0n) is 14.2. The van der Waals surface area contributed by atoms with E-state index in [-0.39, 0.29) is 5.91 Å². The Bertz CT molecular complexity index is 855. The molecule has 2 aromatic rings. The van der Waals surface area contributed by atoms with Crippen LogP contribution in [-0.4, -0.2) is 25.6 Å². The van der Waals surface area contributed by atoms with Crippen molar-refractivity contribution in [3.8, 4) is 5.75 Å². The van der Waals surface area contributed by atoms with Crippen LogP contribution < -0.4 is 10.1 Å². The summed E-state index contributed by atoms with van der Waals surface area (Å²) in [5, 5.41) is 2.79. The Hall–Kier alpha value is -3.08. The van der Waals surface area contributed by atoms with Gasteiger partial charge < -0.3 is 14.8 Å². The second-order valence-corrected chi connectivity index (χ2v) is 5.76. The number of carbonyl (C=O) groups excluding carboxylic acids is 2. The van der Waals surface area contributed by atoms with Gasteiger partial charge in [0.05, 0.1) is 19.3 Å². The lowest BCUT2D eigenvalue weighted by Crippen LogP contribution is -2.11. The molecule has 0 spiro atoms. The fraction of sp³-hybridized carbons (Fsp3) is 0.200. The van der Waals surface area contributed by atoms with E-state index in [1.165, 1.54) is 13.2 Å². The van der Waals surface area contributed by atoms with E-state index in [4.69, 9.17) is 9.47 Å². The number of methoxy groups -OCH3 is 1. The molecule has 0 aliphatic carbocycles. The predicted octanol–water partition coefficient (Wildman–Crippen LogP) is 3.37. The van der Waals surface area contributed by atoms with Gasteiger partial charge in [-0.15, -0.1) is 0 Å². The molecule has 0 unspecified atom stereocenters. The number of hydrogen-bond donors (Lipinski definition) is 1. The highest BCUT2D eigenvalue weighted by Crippen LogP contribution is 2.26. The number of carbonyl (C=O) groups is 2. The Balaban J connectivity index is 1.71. The van der Waals surface area contributed by atoms with E-state index in [9.17, 15) is 9.59 Å². The summed E-state index contributed by atoms with van der Waals surface area (Å²) in [6.45, 7) is 2.48. The molecule has 1 aliphatic rings. The van der Waals surface area contributed by atoms with Crippen molar-refractivity contribution in [3.05, 3.63) is 64.7 Å². The molecule has 0 fully saturated rings. The van der Waals surface area contributed by atoms with E-state index < -0.39 is 5.97 Å². The molecule has 3 rings (SSSR count). The third-order valence-corrected chi connectivity index (χ3v) is 4.14. The molecule has 5 heteroatoms. The highest BCUT2D eigenvalue weighted by atomic mass is 16.5. The summed E-state index contributed by atoms with van der Waals surface area (Å²) in [7, 11) is 1.33. The van der Waals surface area contributed by atoms with Gasteiger partial charge in [0.1, 0.15) is 5.75 Å². The second kappa shape index (κ2) is 7.21. The van der Waals surface area contributed by atoms with Gasteiger partial charge in [-0.05, 0) is 54.0 Å². The van der Waals surface area contributed by atoms with Crippen molar-refractivity contribution in [1.29, 1.82) is 0 Å². The average molecular weight is 337 g/mol. The number of ether oxygens (including phenoxy) is 2. The molecular weight excluding hydrogens is 318 g/mol. The molecule has 1 heterocycles. The summed E-state index contributed by atoms with van der Waals surface area (Å²) in [4.78, 5) is 23.9. The highest BCUT2D eigenvalue weighted by molar-refractivity contribution is 6.03. The zero-order chi connectivity index (χ0) is 17.8. The number of fused-ring (bicyclic) bond motifs is 1. The van der Waals surface area contributed by atoms with Crippen LogP contribution >= 0.6 is 0 Å². The molecule has 1 N–H and O–H groups in total. The number of amides is 1. The van der Waals surface area contributed by atoms with Crippen LogP contribution in [0.3, 0.4) is 0 Å². The minimum atomic E-state index is -0.426. The number of nitrogens with one attached hydrogen (secondary N) is 1. The van der Waals surface area contributed by atoms with Gasteiger partial charge in [-0.25, -0.2) is 4.79 Å². The Kier molecular flexibility index (Phi) is 4.84. The minimum absolute atomic E-state index is 0.262. The number of rotatable bonds is 4. The van der Waals surface area contributed by atoms with Crippen molar-refractivity contribution in [1.82, 2.24) is 0 Å². The van der Waals surface area contributed by atoms with Gasteiger partial charge in [0.2, 0.25) is 5.91 Å². The van der Waals surface area contributed by atoms with Gasteiger partial charge in [-0.3, -0.25) is 4.79 Å². The van der Waals surface area contributed by atoms with Crippen molar-refractivity contribution in [2.75, 3.05) is 19.0 Å². The van der Waals surface area contributed by atoms with Crippen LogP contribution in [0.1, 0.15) is 27.0 Å². The molecule has 0 radical (unpaired) electrons. The fourth-order valence-corrected chi connectivity index (χ4v) is 2.76. The maximum atomic E-state index is 12.2. The van der Waals surface area contributed by atoms with Gasteiger partial charge in [0.15, 0.2) is 0 Å². The Morgan fingerprint density at radius 3 is 2.88 bits per heavy atom. The highest BCUT2D eigenvalue weighted by Gasteiger charge is 2.13. The van der Waals surface area contributed by atoms with E-state index in [1.54, 1.807) is 31.2 Å². The molecule has 25 heavy (non-hydrogen) atoms. The van der Waals surface area contributed by atoms with Crippen LogP contribution in [0.4, 0.5) is 5.69 Å². The molecule has 2 aromatic carbocycles. The standard InChI is InChI=1S/C20H19NO4/c1-13-16(20(23)24-2)4-3-5-17(13)21-19(22)9-7-14-6-8-18-15(12-14)10-11-25-18/h3-9,12H,10-11H2,1-2H3,(H,21,22)/b9-7+. The molecule has 0 saturated heterocycles. The van der Waals surface area contributed by atoms with Gasteiger partial charge >= 0.3 is 5.97 Å². The number of hydrogen-bond acceptors (Lipinski definition) is 4. The van der Waals surface area contributed by atoms with E-state index >= 15 is 0 Å². The lowest BCUT2D eigenvalue weighted by Gasteiger charge is -2.10. The summed E-state index contributed by atoms with van der Waals surface area (Å²) in [6, 6.07) is 11.0. The number of esters is 1. The molecule has 1 amide bonds. The van der Waals surface area contributed by atoms with Crippen LogP contribution in [-0.2, 0) is 16.0 Å². The largest absolute Gasteiger partial charge is 0.493 e. The van der Waals surface area contributed by atoms with Crippen LogP contribution in [0, 0.1) is 6.92 Å². The monoisotopic (exact) mass is 337 g/mol. The van der Waals surface area contributed by atoms with Gasteiger partial charge in [0.25, 0.3) is 0 Å². The third-order valence-electron chi connectivity index (χ3n) is 4.14. The maximum Gasteiger partial charge on any atom is 0.338 e. The van der Waals surface area contributed by atoms with Gasteiger partial charge in [-0.1, -0.05) is 12.1 Å². The Labute approximate surface area is 146 Å². The molecule has 0 aromatic heterocycles. The first kappa shape index (κ1) is 16.8. The molecular formula is C20H19NO4. The molecule has 0 atom stereocenters. The minimum Gasteiger partial charge on any atom is -0.493 e. The van der Waals surface area contributed by atoms with Crippen LogP contribution in [0.25, 0.3) is 6.08 Å². The topological polar surface area (TPSA) is 64.6 Å². The molecule has 5 nitrogen and oxygen atoms in total. The molecule has 128 valence electrons. The quantitative estimate of drug-likeness (QED) is 0.686. The predicted molar refractivity (Wildman–Crippen MR) is 95.8 cm³/mol. The van der Waals surface area contributed by atoms with Crippen molar-refractivity contribution < 1.29 is 19.1 Å². The van der Waals surface area contributed by atoms with E-state index in [2.05, 4.69) is 5.32 Å². The van der Waals surface area contributed by atoms with E-state index in [0.717, 1.165) is 23.3 Å². The van der Waals surface area contributed by atoms with Crippen LogP contribution in [0.15, 0.2) is 42.5 Å². The van der Waals surface area contributed by atoms with Crippen molar-refractivity contribution >= 4 is 23.6 Å². The first-order valence-electron chi connectivity index (χ1n) is 8.01. The van der Waals surface area contributed by atoms with Crippen molar-refractivity contribution in [3.63, 3.8) is 0 Å². The Morgan fingerprint density at radius 1 is 1.24 bits per heavy atom. The molecule has 0 bridgehead atoms. The van der Waals surface area contributed by atoms with E-state index in [0.29, 0.717) is 23.4 Å². The summed E-state index contributed by atoms with van der Waals surface area (Å²) in [5.41, 5.74) is 3.79. The summed E-state index contributed by atoms with van der Waals surface area (Å²) in [5.74, 6) is 0.225. The first-order valence-corrected chi connectivity index (χ1v) is 8.01. The van der Waals surface area contributed by atoms with Crippen LogP contribution in [0.5, 0.6) is 5.75 Å². The lowest BCUT2D eigenvalue weighted by molar-refractivity contribution is -0.111. The summed E-state index contributed by atoms with van der Waals surface area (Å²) in [6.07, 6.45) is 4.12. The second-order valence-electron chi connectivity index (χ2n) is 5.76. The maximum absolute atomic E-state index is 12.2. The third kappa shape index (κ3) is 3.71. The van der Waals surface area contributed by atoms with Crippen molar-refractivity contribution in [2.24, 2.45) is 0 Å². The van der Waals surface area contributed by atoms with Gasteiger partial charge in [-0.2, -0.15) is 0 Å². The first-order chi connectivity index (χ1) is 12.1. The SMILES string of the molecule is COC(=O)c1cccc(NC(=O)/C=C/c2ccc3c(c2)CCO3)c1C. The summed E-state index contributed by atoms with van der Waals surface area (Å²) < 4.78 is 10.2. The fourth-order valence-electron chi connectivity index (χ4n) is 2.76. The number of anilines is 1. The summed E-state index contributed by atoms with van der Waals surface area (Å²) >= 11 is 0. The lowest BCUT2D eigenvalue weighted by atomic mass is 10.1. The normalized spacial score (nSPS) is 12.6. The zero-order valence-corrected chi connectivity index (χ0v) is 14.2. The number of benzene rings is 2. The molecule has 1 aliphatic heterocycles. The van der Waals surface area contributed by atoms with Crippen LogP contribution in [0.2, 0.25) is 0 Å². The van der Waals surface area contributed by atoms with E-state index in [1.807, 2.05) is 18.2 Å². The van der Waals surface area contributed by atoms with Gasteiger partial charge in [0, 0.05) is 18.2 Å². The Morgan fingerprint density at radius 2 is 2.08 bits per heavy atom. The smallest absolute Gasteiger partial charge is 0.338 e.